The van der Waals surface area contributed by atoms with Gasteiger partial charge in [0.1, 0.15) is 0 Å². The molecule has 3 heteroatoms. The maximum absolute atomic E-state index is 10.9. The van der Waals surface area contributed by atoms with Crippen LogP contribution >= 0.6 is 0 Å². The Morgan fingerprint density at radius 3 is 1.73 bits per heavy atom. The highest BCUT2D eigenvalue weighted by Gasteiger charge is 2.40. The molecule has 0 bridgehead atoms. The summed E-state index contributed by atoms with van der Waals surface area (Å²) in [6, 6.07) is 0. The van der Waals surface area contributed by atoms with Crippen molar-refractivity contribution in [3.8, 4) is 0 Å². The van der Waals surface area contributed by atoms with Crippen LogP contribution in [0.3, 0.4) is 0 Å². The van der Waals surface area contributed by atoms with E-state index in [4.69, 9.17) is 5.11 Å². The summed E-state index contributed by atoms with van der Waals surface area (Å²) in [5, 5.41) is 8.99. The van der Waals surface area contributed by atoms with Gasteiger partial charge in [0.05, 0.1) is 19.1 Å². The maximum atomic E-state index is 10.9. The molecule has 0 aromatic heterocycles. The number of rotatable bonds is 3. The van der Waals surface area contributed by atoms with E-state index in [0.29, 0.717) is 4.48 Å². The van der Waals surface area contributed by atoms with Gasteiger partial charge < -0.3 is 9.59 Å². The minimum absolute atomic E-state index is 0.0499. The van der Waals surface area contributed by atoms with Gasteiger partial charge in [-0.15, -0.1) is 0 Å². The molecule has 0 spiro atoms. The predicted molar refractivity (Wildman–Crippen MR) is 62.8 cm³/mol. The molecule has 0 aliphatic carbocycles. The molecule has 0 radical (unpaired) electrons. The van der Waals surface area contributed by atoms with Gasteiger partial charge in [0.2, 0.25) is 0 Å². The van der Waals surface area contributed by atoms with E-state index in [1.807, 2.05) is 7.05 Å². The molecule has 0 aromatic rings. The summed E-state index contributed by atoms with van der Waals surface area (Å²) in [6.07, 6.45) is 0. The van der Waals surface area contributed by atoms with Gasteiger partial charge in [0.25, 0.3) is 0 Å². The second kappa shape index (κ2) is 4.12. The molecule has 1 N–H and O–H groups in total. The molecule has 0 amide bonds. The quantitative estimate of drug-likeness (QED) is 0.735. The van der Waals surface area contributed by atoms with Crippen LogP contribution in [-0.4, -0.2) is 41.2 Å². The zero-order valence-electron chi connectivity index (χ0n) is 11.2. The molecule has 90 valence electrons. The fourth-order valence-corrected chi connectivity index (χ4v) is 1.88. The van der Waals surface area contributed by atoms with E-state index in [0.717, 1.165) is 6.54 Å². The average Bonchev–Trinajstić information content (AvgIpc) is 1.75. The molecule has 0 aliphatic rings. The molecule has 1 unspecified atom stereocenters. The number of hydrogen-bond acceptors (Lipinski definition) is 1. The van der Waals surface area contributed by atoms with Crippen LogP contribution in [0.4, 0.5) is 0 Å². The molecule has 0 saturated heterocycles. The molecule has 0 rings (SSSR count). The van der Waals surface area contributed by atoms with Crippen LogP contribution in [0.2, 0.25) is 0 Å². The third kappa shape index (κ3) is 4.65. The standard InChI is InChI=1S/C12H25NO2/c1-11(2,3)9-13(7,8-10(14)15)12(4,5)6/h8-9H2,1-7H3/p+1. The van der Waals surface area contributed by atoms with Crippen LogP contribution in [0, 0.1) is 5.41 Å². The van der Waals surface area contributed by atoms with Crippen LogP contribution in [0.25, 0.3) is 0 Å². The van der Waals surface area contributed by atoms with Crippen molar-refractivity contribution in [1.29, 1.82) is 0 Å². The monoisotopic (exact) mass is 216 g/mol. The molecule has 3 nitrogen and oxygen atoms in total. The van der Waals surface area contributed by atoms with Crippen LogP contribution in [-0.2, 0) is 4.79 Å². The van der Waals surface area contributed by atoms with Crippen molar-refractivity contribution in [1.82, 2.24) is 0 Å². The van der Waals surface area contributed by atoms with Gasteiger partial charge in [-0.1, -0.05) is 20.8 Å². The van der Waals surface area contributed by atoms with E-state index < -0.39 is 5.97 Å². The zero-order chi connectivity index (χ0) is 12.5. The smallest absolute Gasteiger partial charge is 0.359 e. The van der Waals surface area contributed by atoms with Crippen LogP contribution in [0.5, 0.6) is 0 Å². The first-order valence-corrected chi connectivity index (χ1v) is 5.44. The van der Waals surface area contributed by atoms with Gasteiger partial charge in [0.15, 0.2) is 6.54 Å². The number of quaternary nitrogens is 1. The Kier molecular flexibility index (Phi) is 3.97. The second-order valence-corrected chi connectivity index (χ2v) is 6.84. The van der Waals surface area contributed by atoms with Gasteiger partial charge in [-0.05, 0) is 20.8 Å². The second-order valence-electron chi connectivity index (χ2n) is 6.84. The number of carbonyl (C=O) groups is 1. The molecular formula is C12H26NO2+. The Bertz CT molecular complexity index is 235. The summed E-state index contributed by atoms with van der Waals surface area (Å²) < 4.78 is 0.561. The van der Waals surface area contributed by atoms with Gasteiger partial charge in [0, 0.05) is 5.41 Å². The number of aliphatic carboxylic acids is 1. The summed E-state index contributed by atoms with van der Waals surface area (Å²) >= 11 is 0. The predicted octanol–water partition coefficient (Wildman–Crippen LogP) is 2.36. The fraction of sp³-hybridized carbons (Fsp3) is 0.917. The molecule has 0 saturated carbocycles. The molecule has 1 atom stereocenters. The lowest BCUT2D eigenvalue weighted by Gasteiger charge is -2.47. The first kappa shape index (κ1) is 14.4. The Hall–Kier alpha value is -0.570. The van der Waals surface area contributed by atoms with E-state index >= 15 is 0 Å². The van der Waals surface area contributed by atoms with Crippen molar-refractivity contribution in [2.75, 3.05) is 20.1 Å². The summed E-state index contributed by atoms with van der Waals surface area (Å²) in [4.78, 5) is 10.9. The van der Waals surface area contributed by atoms with Gasteiger partial charge >= 0.3 is 5.97 Å². The Balaban J connectivity index is 4.96. The minimum Gasteiger partial charge on any atom is -0.477 e. The van der Waals surface area contributed by atoms with Crippen molar-refractivity contribution in [3.05, 3.63) is 0 Å². The third-order valence-electron chi connectivity index (χ3n) is 2.93. The van der Waals surface area contributed by atoms with E-state index in [-0.39, 0.29) is 17.5 Å². The van der Waals surface area contributed by atoms with E-state index in [1.165, 1.54) is 0 Å². The van der Waals surface area contributed by atoms with Gasteiger partial charge in [-0.3, -0.25) is 0 Å². The number of likely N-dealkylation sites (N-methyl/N-ethyl adjacent to an activating group) is 1. The fourth-order valence-electron chi connectivity index (χ4n) is 1.88. The van der Waals surface area contributed by atoms with Crippen molar-refractivity contribution in [2.24, 2.45) is 5.41 Å². The largest absolute Gasteiger partial charge is 0.477 e. The van der Waals surface area contributed by atoms with Crippen LogP contribution < -0.4 is 0 Å². The molecule has 0 heterocycles. The maximum Gasteiger partial charge on any atom is 0.359 e. The Morgan fingerprint density at radius 2 is 1.53 bits per heavy atom. The van der Waals surface area contributed by atoms with E-state index in [1.54, 1.807) is 0 Å². The number of carboxylic acids is 1. The van der Waals surface area contributed by atoms with Gasteiger partial charge in [-0.25, -0.2) is 4.79 Å². The van der Waals surface area contributed by atoms with Crippen molar-refractivity contribution in [2.45, 2.75) is 47.1 Å². The first-order chi connectivity index (χ1) is 6.37. The molecular weight excluding hydrogens is 190 g/mol. The Morgan fingerprint density at radius 1 is 1.13 bits per heavy atom. The lowest BCUT2D eigenvalue weighted by atomic mass is 9.90. The zero-order valence-corrected chi connectivity index (χ0v) is 11.2. The van der Waals surface area contributed by atoms with E-state index in [9.17, 15) is 4.79 Å². The third-order valence-corrected chi connectivity index (χ3v) is 2.93. The van der Waals surface area contributed by atoms with Crippen LogP contribution in [0.15, 0.2) is 0 Å². The van der Waals surface area contributed by atoms with Gasteiger partial charge in [-0.2, -0.15) is 0 Å². The van der Waals surface area contributed by atoms with Crippen LogP contribution in [0.1, 0.15) is 41.5 Å². The summed E-state index contributed by atoms with van der Waals surface area (Å²) in [5.41, 5.74) is 0.0865. The molecule has 0 aromatic carbocycles. The highest BCUT2D eigenvalue weighted by atomic mass is 16.4. The summed E-state index contributed by atoms with van der Waals surface area (Å²) in [7, 11) is 2.03. The van der Waals surface area contributed by atoms with Crippen molar-refractivity contribution < 1.29 is 14.4 Å². The lowest BCUT2D eigenvalue weighted by Crippen LogP contribution is -2.62. The topological polar surface area (TPSA) is 37.3 Å². The average molecular weight is 216 g/mol. The highest BCUT2D eigenvalue weighted by molar-refractivity contribution is 5.68. The van der Waals surface area contributed by atoms with Crippen molar-refractivity contribution >= 4 is 5.97 Å². The number of hydrogen-bond donors (Lipinski definition) is 1. The van der Waals surface area contributed by atoms with E-state index in [2.05, 4.69) is 41.5 Å². The first-order valence-electron chi connectivity index (χ1n) is 5.44. The molecule has 0 aliphatic heterocycles. The van der Waals surface area contributed by atoms with Crippen molar-refractivity contribution in [3.63, 3.8) is 0 Å². The molecule has 0 fully saturated rings. The number of carboxylic acid groups (broad SMARTS) is 1. The summed E-state index contributed by atoms with van der Waals surface area (Å²) in [6.45, 7) is 13.8. The minimum atomic E-state index is -0.725. The SMILES string of the molecule is CC(C)(C)C[N+](C)(CC(=O)O)C(C)(C)C. The lowest BCUT2D eigenvalue weighted by molar-refractivity contribution is -0.952. The number of nitrogens with zero attached hydrogens (tertiary/aromatic N) is 1. The summed E-state index contributed by atoms with van der Waals surface area (Å²) in [5.74, 6) is -0.725. The normalized spacial score (nSPS) is 17.3. The Labute approximate surface area is 93.7 Å². The highest BCUT2D eigenvalue weighted by Crippen LogP contribution is 2.28. The molecule has 15 heavy (non-hydrogen) atoms.